The number of halogens is 1. The summed E-state index contributed by atoms with van der Waals surface area (Å²) >= 11 is 2.04. The fourth-order valence-electron chi connectivity index (χ4n) is 3.18. The van der Waals surface area contributed by atoms with E-state index in [0.717, 1.165) is 0 Å². The largest absolute Gasteiger partial charge is 0.490 e. The Hall–Kier alpha value is -2.94. The van der Waals surface area contributed by atoms with E-state index in [2.05, 4.69) is 0 Å². The maximum Gasteiger partial charge on any atom is 0.344 e. The lowest BCUT2D eigenvalue weighted by Gasteiger charge is -2.27. The van der Waals surface area contributed by atoms with Gasteiger partial charge in [0.15, 0.2) is 18.1 Å². The van der Waals surface area contributed by atoms with E-state index in [4.69, 9.17) is 29.4 Å². The first-order chi connectivity index (χ1) is 15.3. The molecule has 1 aliphatic heterocycles. The lowest BCUT2D eigenvalue weighted by atomic mass is 9.83. The van der Waals surface area contributed by atoms with Crippen molar-refractivity contribution >= 4 is 34.5 Å². The molecule has 1 unspecified atom stereocenters. The second-order valence-corrected chi connectivity index (χ2v) is 7.63. The summed E-state index contributed by atoms with van der Waals surface area (Å²) in [6.07, 6.45) is 0. The van der Waals surface area contributed by atoms with Crippen LogP contribution in [0.3, 0.4) is 0 Å². The quantitative estimate of drug-likeness (QED) is 0.360. The first-order valence-electron chi connectivity index (χ1n) is 9.98. The Kier molecular flexibility index (Phi) is 9.19. The first-order valence-corrected chi connectivity index (χ1v) is 11.1. The maximum absolute atomic E-state index is 12.7. The monoisotopic (exact) mass is 556 g/mol. The van der Waals surface area contributed by atoms with E-state index < -0.39 is 17.9 Å². The van der Waals surface area contributed by atoms with Crippen molar-refractivity contribution < 1.29 is 33.3 Å². The van der Waals surface area contributed by atoms with Crippen molar-refractivity contribution in [3.05, 3.63) is 44.1 Å². The molecule has 0 bridgehead atoms. The lowest BCUT2D eigenvalue weighted by Crippen LogP contribution is -2.25. The third-order valence-electron chi connectivity index (χ3n) is 4.41. The molecule has 1 aromatic carbocycles. The zero-order valence-corrected chi connectivity index (χ0v) is 20.5. The van der Waals surface area contributed by atoms with Gasteiger partial charge in [0.05, 0.1) is 34.9 Å². The average molecular weight is 556 g/mol. The fourth-order valence-corrected chi connectivity index (χ4v) is 3.96. The van der Waals surface area contributed by atoms with E-state index in [1.807, 2.05) is 28.7 Å². The van der Waals surface area contributed by atoms with Crippen molar-refractivity contribution in [3.8, 4) is 17.6 Å². The molecule has 2 rings (SSSR count). The summed E-state index contributed by atoms with van der Waals surface area (Å²) in [6.45, 7) is 7.22. The van der Waals surface area contributed by atoms with Crippen LogP contribution in [0.2, 0.25) is 0 Å². The van der Waals surface area contributed by atoms with E-state index in [-0.39, 0.29) is 42.6 Å². The highest BCUT2D eigenvalue weighted by Gasteiger charge is 2.37. The van der Waals surface area contributed by atoms with Crippen LogP contribution in [0.25, 0.3) is 0 Å². The van der Waals surface area contributed by atoms with E-state index >= 15 is 0 Å². The number of nitriles is 1. The van der Waals surface area contributed by atoms with Crippen LogP contribution in [0.1, 0.15) is 39.2 Å². The van der Waals surface area contributed by atoms with Gasteiger partial charge in [-0.05, 0) is 68.0 Å². The molecule has 1 aliphatic rings. The number of ether oxygens (including phenoxy) is 5. The predicted molar refractivity (Wildman–Crippen MR) is 122 cm³/mol. The molecule has 10 heteroatoms. The van der Waals surface area contributed by atoms with Crippen molar-refractivity contribution in [2.24, 2.45) is 5.73 Å². The second-order valence-electron chi connectivity index (χ2n) is 6.47. The molecular weight excluding hydrogens is 531 g/mol. The van der Waals surface area contributed by atoms with E-state index in [0.29, 0.717) is 27.2 Å². The molecule has 2 N–H and O–H groups in total. The van der Waals surface area contributed by atoms with Crippen molar-refractivity contribution in [1.29, 1.82) is 5.26 Å². The molecule has 1 heterocycles. The Labute approximate surface area is 200 Å². The number of carbonyl (C=O) groups excluding carboxylic acids is 2. The summed E-state index contributed by atoms with van der Waals surface area (Å²) in [6, 6.07) is 5.43. The minimum absolute atomic E-state index is 0.0806. The minimum Gasteiger partial charge on any atom is -0.490 e. The van der Waals surface area contributed by atoms with Crippen LogP contribution in [0, 0.1) is 14.9 Å². The molecule has 0 amide bonds. The topological polar surface area (TPSA) is 130 Å². The van der Waals surface area contributed by atoms with E-state index in [1.165, 1.54) is 0 Å². The highest BCUT2D eigenvalue weighted by atomic mass is 127. The third-order valence-corrected chi connectivity index (χ3v) is 5.21. The molecule has 32 heavy (non-hydrogen) atoms. The fraction of sp³-hybridized carbons (Fsp3) is 0.409. The molecule has 0 fully saturated rings. The lowest BCUT2D eigenvalue weighted by molar-refractivity contribution is -0.145. The molecule has 172 valence electrons. The Bertz CT molecular complexity index is 995. The van der Waals surface area contributed by atoms with Crippen LogP contribution in [0.4, 0.5) is 0 Å². The van der Waals surface area contributed by atoms with Crippen molar-refractivity contribution in [1.82, 2.24) is 0 Å². The Morgan fingerprint density at radius 3 is 2.44 bits per heavy atom. The van der Waals surface area contributed by atoms with Crippen LogP contribution in [-0.2, 0) is 23.8 Å². The number of rotatable bonds is 9. The summed E-state index contributed by atoms with van der Waals surface area (Å²) in [4.78, 5) is 24.4. The zero-order chi connectivity index (χ0) is 23.8. The smallest absolute Gasteiger partial charge is 0.344 e. The van der Waals surface area contributed by atoms with Crippen molar-refractivity contribution in [2.45, 2.75) is 33.6 Å². The summed E-state index contributed by atoms with van der Waals surface area (Å²) in [5.74, 6) is -1.07. The van der Waals surface area contributed by atoms with Gasteiger partial charge in [-0.25, -0.2) is 9.59 Å². The summed E-state index contributed by atoms with van der Waals surface area (Å²) in [5, 5.41) is 9.75. The van der Waals surface area contributed by atoms with Gasteiger partial charge in [0.2, 0.25) is 5.88 Å². The summed E-state index contributed by atoms with van der Waals surface area (Å²) in [5.41, 5.74) is 6.78. The Morgan fingerprint density at radius 1 is 1.16 bits per heavy atom. The maximum atomic E-state index is 12.7. The van der Waals surface area contributed by atoms with Crippen LogP contribution in [0.15, 0.2) is 34.9 Å². The van der Waals surface area contributed by atoms with Crippen LogP contribution >= 0.6 is 22.6 Å². The van der Waals surface area contributed by atoms with Gasteiger partial charge in [-0.1, -0.05) is 0 Å². The molecule has 0 saturated carbocycles. The molecule has 0 aliphatic carbocycles. The number of allylic oxidation sites excluding steroid dienone is 2. The van der Waals surface area contributed by atoms with Gasteiger partial charge < -0.3 is 29.4 Å². The molecule has 9 nitrogen and oxygen atoms in total. The molecular formula is C22H25IN2O7. The zero-order valence-electron chi connectivity index (χ0n) is 18.3. The molecule has 0 saturated heterocycles. The summed E-state index contributed by atoms with van der Waals surface area (Å²) < 4.78 is 27.5. The van der Waals surface area contributed by atoms with Gasteiger partial charge in [0, 0.05) is 0 Å². The number of hydrogen-bond acceptors (Lipinski definition) is 9. The molecule has 0 aromatic heterocycles. The Morgan fingerprint density at radius 2 is 1.84 bits per heavy atom. The molecule has 0 spiro atoms. The SMILES string of the molecule is CCOC(=O)COc1c(I)cc(C2C(C#N)=C(N)OC(C)=C2C(=O)OCC)cc1OCC. The van der Waals surface area contributed by atoms with Gasteiger partial charge in [0.1, 0.15) is 17.4 Å². The van der Waals surface area contributed by atoms with Gasteiger partial charge in [0.25, 0.3) is 0 Å². The van der Waals surface area contributed by atoms with Gasteiger partial charge in [-0.2, -0.15) is 5.26 Å². The van der Waals surface area contributed by atoms with Crippen molar-refractivity contribution in [3.63, 3.8) is 0 Å². The molecule has 1 atom stereocenters. The normalized spacial score (nSPS) is 15.6. The highest BCUT2D eigenvalue weighted by molar-refractivity contribution is 14.1. The average Bonchev–Trinajstić information content (AvgIpc) is 2.73. The molecule has 1 aromatic rings. The highest BCUT2D eigenvalue weighted by Crippen LogP contribution is 2.44. The van der Waals surface area contributed by atoms with E-state index in [1.54, 1.807) is 39.8 Å². The third kappa shape index (κ3) is 5.64. The Balaban J connectivity index is 2.59. The second kappa shape index (κ2) is 11.6. The van der Waals surface area contributed by atoms with Crippen molar-refractivity contribution in [2.75, 3.05) is 26.4 Å². The van der Waals surface area contributed by atoms with Gasteiger partial charge in [-0.15, -0.1) is 0 Å². The number of nitrogens with two attached hydrogens (primary N) is 1. The number of hydrogen-bond donors (Lipinski definition) is 1. The molecule has 0 radical (unpaired) electrons. The number of esters is 2. The van der Waals surface area contributed by atoms with Crippen LogP contribution in [-0.4, -0.2) is 38.4 Å². The summed E-state index contributed by atoms with van der Waals surface area (Å²) in [7, 11) is 0. The van der Waals surface area contributed by atoms with E-state index in [9.17, 15) is 14.9 Å². The minimum atomic E-state index is -0.820. The first kappa shape index (κ1) is 25.3. The number of carbonyl (C=O) groups is 2. The van der Waals surface area contributed by atoms with Gasteiger partial charge in [-0.3, -0.25) is 0 Å². The van der Waals surface area contributed by atoms with Crippen LogP contribution in [0.5, 0.6) is 11.5 Å². The number of nitrogens with zero attached hydrogens (tertiary/aromatic N) is 1. The van der Waals surface area contributed by atoms with Gasteiger partial charge >= 0.3 is 11.9 Å². The number of benzene rings is 1. The standard InChI is InChI=1S/C22H25IN2O7/c1-5-28-16-9-13(8-15(23)20(16)31-11-17(26)29-6-2)19-14(10-24)21(25)32-12(4)18(19)22(27)30-7-3/h8-9,19H,5-7,11,25H2,1-4H3. The predicted octanol–water partition coefficient (Wildman–Crippen LogP) is 3.28. The van der Waals surface area contributed by atoms with Crippen LogP contribution < -0.4 is 15.2 Å².